The minimum atomic E-state index is -3.57. The molecule has 2 rings (SSSR count). The zero-order chi connectivity index (χ0) is 13.0. The maximum atomic E-state index is 11.8. The summed E-state index contributed by atoms with van der Waals surface area (Å²) in [4.78, 5) is 0. The van der Waals surface area contributed by atoms with Gasteiger partial charge >= 0.3 is 0 Å². The summed E-state index contributed by atoms with van der Waals surface area (Å²) in [5.41, 5.74) is 0.867. The van der Waals surface area contributed by atoms with Crippen LogP contribution in [-0.4, -0.2) is 25.2 Å². The Morgan fingerprint density at radius 2 is 2.00 bits per heavy atom. The van der Waals surface area contributed by atoms with Crippen molar-refractivity contribution < 1.29 is 8.42 Å². The summed E-state index contributed by atoms with van der Waals surface area (Å²) in [6, 6.07) is 10.7. The van der Waals surface area contributed by atoms with Crippen LogP contribution >= 0.6 is 11.6 Å². The number of hydrogen-bond donors (Lipinski definition) is 2. The van der Waals surface area contributed by atoms with Gasteiger partial charge in [-0.15, -0.1) is 11.6 Å². The molecule has 1 aromatic carbocycles. The van der Waals surface area contributed by atoms with Crippen molar-refractivity contribution in [1.29, 1.82) is 0 Å². The molecule has 0 radical (unpaired) electrons. The van der Waals surface area contributed by atoms with Crippen molar-refractivity contribution >= 4 is 21.6 Å². The lowest BCUT2D eigenvalue weighted by Gasteiger charge is -2.10. The fourth-order valence-electron chi connectivity index (χ4n) is 1.43. The van der Waals surface area contributed by atoms with Crippen molar-refractivity contribution in [2.75, 3.05) is 6.54 Å². The Kier molecular flexibility index (Phi) is 4.00. The van der Waals surface area contributed by atoms with Crippen LogP contribution in [0.2, 0.25) is 0 Å². The lowest BCUT2D eigenvalue weighted by molar-refractivity contribution is 0.576. The van der Waals surface area contributed by atoms with Crippen LogP contribution < -0.4 is 4.72 Å². The largest absolute Gasteiger partial charge is 0.266 e. The first-order valence-corrected chi connectivity index (χ1v) is 7.19. The average molecular weight is 286 g/mol. The summed E-state index contributed by atoms with van der Waals surface area (Å²) >= 11 is 6.12. The predicted molar refractivity (Wildman–Crippen MR) is 68.8 cm³/mol. The number of aromatic amines is 1. The van der Waals surface area contributed by atoms with E-state index in [4.69, 9.17) is 11.6 Å². The Hall–Kier alpha value is -1.37. The van der Waals surface area contributed by atoms with Crippen molar-refractivity contribution in [3.8, 4) is 0 Å². The average Bonchev–Trinajstić information content (AvgIpc) is 2.92. The zero-order valence-electron chi connectivity index (χ0n) is 9.38. The van der Waals surface area contributed by atoms with E-state index in [1.165, 1.54) is 12.3 Å². The summed E-state index contributed by atoms with van der Waals surface area (Å²) in [6.45, 7) is 0.118. The van der Waals surface area contributed by atoms with Gasteiger partial charge in [-0.3, -0.25) is 5.10 Å². The normalized spacial score (nSPS) is 13.4. The molecular weight excluding hydrogens is 274 g/mol. The summed E-state index contributed by atoms with van der Waals surface area (Å²) in [7, 11) is -3.57. The van der Waals surface area contributed by atoms with Crippen LogP contribution in [0.1, 0.15) is 10.9 Å². The SMILES string of the molecule is O=S(=O)(NCC(Cl)c1ccccc1)c1ccn[nH]1. The molecule has 0 aliphatic heterocycles. The number of sulfonamides is 1. The topological polar surface area (TPSA) is 74.8 Å². The standard InChI is InChI=1S/C11H12ClN3O2S/c12-10(9-4-2-1-3-5-9)8-14-18(16,17)11-6-7-13-15-11/h1-7,10,14H,8H2,(H,13,15). The van der Waals surface area contributed by atoms with Gasteiger partial charge in [-0.1, -0.05) is 30.3 Å². The fourth-order valence-corrected chi connectivity index (χ4v) is 2.70. The first-order chi connectivity index (χ1) is 8.59. The second-order valence-corrected chi connectivity index (χ2v) is 5.91. The van der Waals surface area contributed by atoms with Crippen LogP contribution in [0.3, 0.4) is 0 Å². The molecule has 7 heteroatoms. The van der Waals surface area contributed by atoms with Crippen molar-refractivity contribution in [2.24, 2.45) is 0 Å². The number of aromatic nitrogens is 2. The molecule has 1 aromatic heterocycles. The smallest absolute Gasteiger partial charge is 0.257 e. The van der Waals surface area contributed by atoms with Gasteiger partial charge in [0.15, 0.2) is 5.03 Å². The molecule has 1 atom stereocenters. The second-order valence-electron chi connectivity index (χ2n) is 3.65. The first kappa shape index (κ1) is 13.1. The molecule has 2 N–H and O–H groups in total. The van der Waals surface area contributed by atoms with Crippen molar-refractivity contribution in [1.82, 2.24) is 14.9 Å². The van der Waals surface area contributed by atoms with E-state index in [1.807, 2.05) is 30.3 Å². The molecule has 0 aliphatic rings. The van der Waals surface area contributed by atoms with Gasteiger partial charge in [0.1, 0.15) is 0 Å². The van der Waals surface area contributed by atoms with Gasteiger partial charge < -0.3 is 0 Å². The van der Waals surface area contributed by atoms with Crippen LogP contribution in [0.5, 0.6) is 0 Å². The van der Waals surface area contributed by atoms with Crippen molar-refractivity contribution in [3.63, 3.8) is 0 Å². The molecule has 2 aromatic rings. The van der Waals surface area contributed by atoms with E-state index in [2.05, 4.69) is 14.9 Å². The molecule has 5 nitrogen and oxygen atoms in total. The van der Waals surface area contributed by atoms with E-state index < -0.39 is 15.4 Å². The first-order valence-electron chi connectivity index (χ1n) is 5.27. The maximum Gasteiger partial charge on any atom is 0.257 e. The number of nitrogens with one attached hydrogen (secondary N) is 2. The third-order valence-corrected chi connectivity index (χ3v) is 4.14. The number of nitrogens with zero attached hydrogens (tertiary/aromatic N) is 1. The highest BCUT2D eigenvalue weighted by Gasteiger charge is 2.17. The molecule has 0 fully saturated rings. The Morgan fingerprint density at radius 3 is 2.61 bits per heavy atom. The van der Waals surface area contributed by atoms with Gasteiger partial charge in [-0.2, -0.15) is 5.10 Å². The minimum absolute atomic E-state index is 0.0272. The van der Waals surface area contributed by atoms with Gasteiger partial charge in [-0.05, 0) is 11.6 Å². The third kappa shape index (κ3) is 3.10. The van der Waals surface area contributed by atoms with Crippen molar-refractivity contribution in [3.05, 3.63) is 48.2 Å². The van der Waals surface area contributed by atoms with E-state index in [9.17, 15) is 8.42 Å². The highest BCUT2D eigenvalue weighted by atomic mass is 35.5. The number of rotatable bonds is 5. The number of H-pyrrole nitrogens is 1. The van der Waals surface area contributed by atoms with E-state index in [0.29, 0.717) is 0 Å². The third-order valence-electron chi connectivity index (χ3n) is 2.38. The molecule has 0 spiro atoms. The van der Waals surface area contributed by atoms with E-state index in [-0.39, 0.29) is 11.6 Å². The summed E-state index contributed by atoms with van der Waals surface area (Å²) in [6.07, 6.45) is 1.38. The van der Waals surface area contributed by atoms with Crippen LogP contribution in [0.25, 0.3) is 0 Å². The predicted octanol–water partition coefficient (Wildman–Crippen LogP) is 1.67. The van der Waals surface area contributed by atoms with E-state index in [0.717, 1.165) is 5.56 Å². The zero-order valence-corrected chi connectivity index (χ0v) is 10.9. The number of benzene rings is 1. The number of halogens is 1. The Balaban J connectivity index is 2.00. The fraction of sp³-hybridized carbons (Fsp3) is 0.182. The van der Waals surface area contributed by atoms with Crippen LogP contribution in [0.15, 0.2) is 47.6 Å². The monoisotopic (exact) mass is 285 g/mol. The second kappa shape index (κ2) is 5.51. The van der Waals surface area contributed by atoms with E-state index in [1.54, 1.807) is 0 Å². The Morgan fingerprint density at radius 1 is 1.28 bits per heavy atom. The van der Waals surface area contributed by atoms with Gasteiger partial charge in [0.25, 0.3) is 10.0 Å². The van der Waals surface area contributed by atoms with Gasteiger partial charge in [-0.25, -0.2) is 13.1 Å². The minimum Gasteiger partial charge on any atom is -0.266 e. The molecule has 1 heterocycles. The highest BCUT2D eigenvalue weighted by Crippen LogP contribution is 2.19. The van der Waals surface area contributed by atoms with Crippen LogP contribution in [0, 0.1) is 0 Å². The molecule has 0 amide bonds. The van der Waals surface area contributed by atoms with Gasteiger partial charge in [0, 0.05) is 6.54 Å². The molecule has 0 bridgehead atoms. The molecule has 96 valence electrons. The summed E-state index contributed by atoms with van der Waals surface area (Å²) in [5, 5.41) is 5.61. The summed E-state index contributed by atoms with van der Waals surface area (Å²) < 4.78 is 26.0. The Bertz CT molecular complexity index is 584. The molecular formula is C11H12ClN3O2S. The quantitative estimate of drug-likeness (QED) is 0.821. The van der Waals surface area contributed by atoms with Gasteiger partial charge in [0.05, 0.1) is 11.6 Å². The lowest BCUT2D eigenvalue weighted by Crippen LogP contribution is -2.27. The van der Waals surface area contributed by atoms with Crippen molar-refractivity contribution in [2.45, 2.75) is 10.4 Å². The van der Waals surface area contributed by atoms with Crippen LogP contribution in [-0.2, 0) is 10.0 Å². The molecule has 0 saturated carbocycles. The maximum absolute atomic E-state index is 11.8. The summed E-state index contributed by atoms with van der Waals surface area (Å²) in [5.74, 6) is 0. The number of hydrogen-bond acceptors (Lipinski definition) is 3. The highest BCUT2D eigenvalue weighted by molar-refractivity contribution is 7.89. The molecule has 18 heavy (non-hydrogen) atoms. The van der Waals surface area contributed by atoms with E-state index >= 15 is 0 Å². The number of alkyl halides is 1. The molecule has 1 unspecified atom stereocenters. The van der Waals surface area contributed by atoms with Gasteiger partial charge in [0.2, 0.25) is 0 Å². The van der Waals surface area contributed by atoms with Crippen LogP contribution in [0.4, 0.5) is 0 Å². The Labute approximate surface area is 110 Å². The molecule has 0 aliphatic carbocycles. The lowest BCUT2D eigenvalue weighted by atomic mass is 10.1. The molecule has 0 saturated heterocycles.